The van der Waals surface area contributed by atoms with Gasteiger partial charge in [-0.2, -0.15) is 0 Å². The van der Waals surface area contributed by atoms with Gasteiger partial charge in [0.15, 0.2) is 0 Å². The summed E-state index contributed by atoms with van der Waals surface area (Å²) in [6, 6.07) is 6.22. The molecule has 1 atom stereocenters. The van der Waals surface area contributed by atoms with Gasteiger partial charge in [-0.05, 0) is 17.7 Å². The number of nitro benzene ring substituents is 1. The van der Waals surface area contributed by atoms with E-state index in [1.807, 2.05) is 0 Å². The normalized spacial score (nSPS) is 20.7. The molecule has 8 nitrogen and oxygen atoms in total. The summed E-state index contributed by atoms with van der Waals surface area (Å²) in [6.45, 7) is 1.33. The smallest absolute Gasteiger partial charge is 0.410 e. The number of benzene rings is 1. The maximum Gasteiger partial charge on any atom is 0.410 e. The summed E-state index contributed by atoms with van der Waals surface area (Å²) < 4.78 is 4.82. The Morgan fingerprint density at radius 3 is 2.70 bits per heavy atom. The number of carbonyl (C=O) groups excluding carboxylic acids is 2. The van der Waals surface area contributed by atoms with Crippen LogP contribution in [0.3, 0.4) is 0 Å². The van der Waals surface area contributed by atoms with E-state index in [2.05, 4.69) is 0 Å². The number of rotatable bonds is 4. The second-order valence-corrected chi connectivity index (χ2v) is 6.38. The van der Waals surface area contributed by atoms with Crippen LogP contribution in [0.1, 0.15) is 10.9 Å². The fourth-order valence-corrected chi connectivity index (χ4v) is 3.86. The van der Waals surface area contributed by atoms with Gasteiger partial charge < -0.3 is 9.64 Å². The van der Waals surface area contributed by atoms with E-state index >= 15 is 0 Å². The van der Waals surface area contributed by atoms with Crippen molar-refractivity contribution in [2.75, 3.05) is 32.0 Å². The van der Waals surface area contributed by atoms with Crippen LogP contribution in [0.15, 0.2) is 24.3 Å². The van der Waals surface area contributed by atoms with Gasteiger partial charge in [0.1, 0.15) is 18.5 Å². The van der Waals surface area contributed by atoms with Crippen molar-refractivity contribution in [3.05, 3.63) is 39.9 Å². The van der Waals surface area contributed by atoms with Crippen molar-refractivity contribution in [3.8, 4) is 0 Å². The molecule has 1 unspecified atom stereocenters. The predicted octanol–water partition coefficient (Wildman–Crippen LogP) is 1.62. The van der Waals surface area contributed by atoms with E-state index in [9.17, 15) is 19.7 Å². The molecule has 2 aliphatic heterocycles. The molecule has 2 fully saturated rings. The van der Waals surface area contributed by atoms with Crippen molar-refractivity contribution in [1.82, 2.24) is 9.80 Å². The van der Waals surface area contributed by atoms with Gasteiger partial charge in [0, 0.05) is 24.4 Å². The molecule has 23 heavy (non-hydrogen) atoms. The van der Waals surface area contributed by atoms with Crippen LogP contribution in [0.5, 0.6) is 0 Å². The van der Waals surface area contributed by atoms with E-state index in [0.29, 0.717) is 19.7 Å². The molecular formula is C14H15N3O5S. The Hall–Kier alpha value is -2.29. The molecule has 1 aromatic rings. The van der Waals surface area contributed by atoms with Gasteiger partial charge in [-0.15, -0.1) is 11.8 Å². The zero-order valence-corrected chi connectivity index (χ0v) is 13.0. The van der Waals surface area contributed by atoms with Gasteiger partial charge in [-0.1, -0.05) is 0 Å². The highest BCUT2D eigenvalue weighted by molar-refractivity contribution is 7.99. The maximum absolute atomic E-state index is 12.5. The summed E-state index contributed by atoms with van der Waals surface area (Å²) >= 11 is 1.61. The van der Waals surface area contributed by atoms with Crippen LogP contribution in [0.2, 0.25) is 0 Å². The molecule has 2 saturated heterocycles. The molecule has 0 N–H and O–H groups in total. The second kappa shape index (κ2) is 6.45. The molecule has 2 amide bonds. The van der Waals surface area contributed by atoms with E-state index in [-0.39, 0.29) is 23.5 Å². The molecule has 0 spiro atoms. The quantitative estimate of drug-likeness (QED) is 0.612. The lowest BCUT2D eigenvalue weighted by Gasteiger charge is -2.25. The van der Waals surface area contributed by atoms with E-state index in [1.165, 1.54) is 17.0 Å². The molecule has 2 aliphatic rings. The van der Waals surface area contributed by atoms with Crippen molar-refractivity contribution in [1.29, 1.82) is 0 Å². The van der Waals surface area contributed by atoms with Crippen molar-refractivity contribution in [3.63, 3.8) is 0 Å². The van der Waals surface area contributed by atoms with Crippen molar-refractivity contribution in [2.45, 2.75) is 5.37 Å². The number of hydrogen-bond donors (Lipinski definition) is 0. The number of amides is 2. The summed E-state index contributed by atoms with van der Waals surface area (Å²) in [5.41, 5.74) is 0.866. The Labute approximate surface area is 136 Å². The molecule has 0 aliphatic carbocycles. The van der Waals surface area contributed by atoms with E-state index in [4.69, 9.17) is 4.74 Å². The Morgan fingerprint density at radius 2 is 2.09 bits per heavy atom. The van der Waals surface area contributed by atoms with Crippen molar-refractivity contribution < 1.29 is 19.2 Å². The number of cyclic esters (lactones) is 1. The molecule has 3 rings (SSSR count). The molecule has 0 bridgehead atoms. The van der Waals surface area contributed by atoms with Crippen LogP contribution in [0.4, 0.5) is 10.5 Å². The molecule has 0 aromatic heterocycles. The molecule has 0 saturated carbocycles. The number of ether oxygens (including phenoxy) is 1. The van der Waals surface area contributed by atoms with Crippen molar-refractivity contribution in [2.24, 2.45) is 0 Å². The molecule has 1 aromatic carbocycles. The summed E-state index contributed by atoms with van der Waals surface area (Å²) in [6.07, 6.45) is -0.461. The van der Waals surface area contributed by atoms with Crippen molar-refractivity contribution >= 4 is 29.4 Å². The van der Waals surface area contributed by atoms with Gasteiger partial charge in [0.05, 0.1) is 11.5 Å². The number of nitrogens with zero attached hydrogens (tertiary/aromatic N) is 3. The lowest BCUT2D eigenvalue weighted by molar-refractivity contribution is -0.384. The maximum atomic E-state index is 12.5. The average molecular weight is 337 g/mol. The third kappa shape index (κ3) is 3.24. The van der Waals surface area contributed by atoms with Gasteiger partial charge in [0.2, 0.25) is 5.91 Å². The lowest BCUT2D eigenvalue weighted by atomic mass is 10.2. The van der Waals surface area contributed by atoms with Gasteiger partial charge in [-0.25, -0.2) is 4.79 Å². The molecule has 2 heterocycles. The molecule has 9 heteroatoms. The Morgan fingerprint density at radius 1 is 1.35 bits per heavy atom. The first-order valence-electron chi connectivity index (χ1n) is 7.13. The topological polar surface area (TPSA) is 93.0 Å². The average Bonchev–Trinajstić information content (AvgIpc) is 3.17. The minimum Gasteiger partial charge on any atom is -0.448 e. The SMILES string of the molecule is O=C1OCCN1CC(=O)N1CCSC1c1ccc([N+](=O)[O-])cc1. The highest BCUT2D eigenvalue weighted by Crippen LogP contribution is 2.38. The summed E-state index contributed by atoms with van der Waals surface area (Å²) in [7, 11) is 0. The number of non-ortho nitro benzene ring substituents is 1. The van der Waals surface area contributed by atoms with Gasteiger partial charge >= 0.3 is 6.09 Å². The molecule has 122 valence electrons. The third-order valence-electron chi connectivity index (χ3n) is 3.77. The van der Waals surface area contributed by atoms with Crippen LogP contribution < -0.4 is 0 Å². The zero-order chi connectivity index (χ0) is 16.4. The van der Waals surface area contributed by atoms with E-state index in [0.717, 1.165) is 11.3 Å². The first kappa shape index (κ1) is 15.6. The minimum absolute atomic E-state index is 0.00285. The predicted molar refractivity (Wildman–Crippen MR) is 82.9 cm³/mol. The largest absolute Gasteiger partial charge is 0.448 e. The standard InChI is InChI=1S/C14H15N3O5S/c18-12(9-15-5-7-22-14(15)19)16-6-8-23-13(16)10-1-3-11(4-2-10)17(20)21/h1-4,13H,5-9H2. The van der Waals surface area contributed by atoms with Crippen LogP contribution >= 0.6 is 11.8 Å². The van der Waals surface area contributed by atoms with E-state index < -0.39 is 11.0 Å². The Kier molecular flexibility index (Phi) is 4.37. The number of carbonyl (C=O) groups is 2. The number of thioether (sulfide) groups is 1. The number of hydrogen-bond acceptors (Lipinski definition) is 6. The summed E-state index contributed by atoms with van der Waals surface area (Å²) in [4.78, 5) is 37.3. The van der Waals surface area contributed by atoms with Gasteiger partial charge in [0.25, 0.3) is 5.69 Å². The Bertz CT molecular complexity index is 636. The highest BCUT2D eigenvalue weighted by atomic mass is 32.2. The first-order valence-corrected chi connectivity index (χ1v) is 8.18. The summed E-state index contributed by atoms with van der Waals surface area (Å²) in [5.74, 6) is 0.648. The second-order valence-electron chi connectivity index (χ2n) is 5.19. The highest BCUT2D eigenvalue weighted by Gasteiger charge is 2.33. The minimum atomic E-state index is -0.461. The van der Waals surface area contributed by atoms with Crippen LogP contribution in [-0.2, 0) is 9.53 Å². The van der Waals surface area contributed by atoms with Gasteiger partial charge in [-0.3, -0.25) is 19.8 Å². The van der Waals surface area contributed by atoms with Crippen LogP contribution in [0.25, 0.3) is 0 Å². The number of nitro groups is 1. The molecule has 0 radical (unpaired) electrons. The van der Waals surface area contributed by atoms with E-state index in [1.54, 1.807) is 28.8 Å². The zero-order valence-electron chi connectivity index (χ0n) is 12.2. The monoisotopic (exact) mass is 337 g/mol. The molecular weight excluding hydrogens is 322 g/mol. The Balaban J connectivity index is 1.70. The van der Waals surface area contributed by atoms with Crippen LogP contribution in [0, 0.1) is 10.1 Å². The fraction of sp³-hybridized carbons (Fsp3) is 0.429. The lowest BCUT2D eigenvalue weighted by Crippen LogP contribution is -2.40. The summed E-state index contributed by atoms with van der Waals surface area (Å²) in [5, 5.41) is 10.5. The first-order chi connectivity index (χ1) is 11.1. The fourth-order valence-electron chi connectivity index (χ4n) is 2.59. The third-order valence-corrected chi connectivity index (χ3v) is 5.03. The van der Waals surface area contributed by atoms with Crippen LogP contribution in [-0.4, -0.2) is 58.7 Å².